The van der Waals surface area contributed by atoms with E-state index in [-0.39, 0.29) is 12.6 Å². The maximum atomic E-state index is 14.2. The van der Waals surface area contributed by atoms with Gasteiger partial charge in [0.05, 0.1) is 5.56 Å². The molecule has 0 fully saturated rings. The summed E-state index contributed by atoms with van der Waals surface area (Å²) in [5.74, 6) is 2.21. The van der Waals surface area contributed by atoms with Crippen molar-refractivity contribution in [3.63, 3.8) is 0 Å². The molecule has 0 bridgehead atoms. The van der Waals surface area contributed by atoms with Crippen molar-refractivity contribution in [2.45, 2.75) is 6.54 Å². The monoisotopic (exact) mass is 377 g/mol. The van der Waals surface area contributed by atoms with E-state index < -0.39 is 0 Å². The SMILES string of the molecule is CN(Cc1ccc2c(c1)OCO2)c1ccc2nnc(-c3ccccc3F)n2n1. The fraction of sp³-hybridized carbons (Fsp3) is 0.150. The number of rotatable bonds is 4. The Balaban J connectivity index is 1.47. The molecule has 0 radical (unpaired) electrons. The summed E-state index contributed by atoms with van der Waals surface area (Å²) in [6.07, 6.45) is 0. The smallest absolute Gasteiger partial charge is 0.231 e. The van der Waals surface area contributed by atoms with Crippen LogP contribution in [0.5, 0.6) is 11.5 Å². The van der Waals surface area contributed by atoms with E-state index in [0.717, 1.165) is 17.1 Å². The number of ether oxygens (including phenoxy) is 2. The number of benzene rings is 2. The number of hydrogen-bond donors (Lipinski definition) is 0. The van der Waals surface area contributed by atoms with Crippen molar-refractivity contribution in [3.05, 3.63) is 66.0 Å². The predicted molar refractivity (Wildman–Crippen MR) is 101 cm³/mol. The largest absolute Gasteiger partial charge is 0.454 e. The second kappa shape index (κ2) is 6.49. The third kappa shape index (κ3) is 2.79. The fourth-order valence-corrected chi connectivity index (χ4v) is 3.19. The van der Waals surface area contributed by atoms with Crippen LogP contribution >= 0.6 is 0 Å². The minimum Gasteiger partial charge on any atom is -0.454 e. The highest BCUT2D eigenvalue weighted by molar-refractivity contribution is 5.60. The maximum absolute atomic E-state index is 14.2. The van der Waals surface area contributed by atoms with Crippen LogP contribution in [-0.2, 0) is 6.54 Å². The van der Waals surface area contributed by atoms with Gasteiger partial charge >= 0.3 is 0 Å². The molecule has 0 unspecified atom stereocenters. The van der Waals surface area contributed by atoms with Crippen LogP contribution in [0.2, 0.25) is 0 Å². The number of aromatic nitrogens is 4. The van der Waals surface area contributed by atoms with Crippen LogP contribution in [0.4, 0.5) is 10.2 Å². The first-order valence-electron chi connectivity index (χ1n) is 8.76. The number of anilines is 1. The summed E-state index contributed by atoms with van der Waals surface area (Å²) in [6, 6.07) is 16.0. The highest BCUT2D eigenvalue weighted by Crippen LogP contribution is 2.33. The molecule has 28 heavy (non-hydrogen) atoms. The molecule has 0 atom stereocenters. The Kier molecular flexibility index (Phi) is 3.82. The van der Waals surface area contributed by atoms with Crippen molar-refractivity contribution in [3.8, 4) is 22.9 Å². The topological polar surface area (TPSA) is 64.8 Å². The van der Waals surface area contributed by atoms with Crippen LogP contribution in [-0.4, -0.2) is 33.7 Å². The second-order valence-electron chi connectivity index (χ2n) is 6.51. The lowest BCUT2D eigenvalue weighted by Gasteiger charge is -2.18. The first-order valence-corrected chi connectivity index (χ1v) is 8.76. The van der Waals surface area contributed by atoms with E-state index in [0.29, 0.717) is 29.4 Å². The average Bonchev–Trinajstić information content (AvgIpc) is 3.34. The summed E-state index contributed by atoms with van der Waals surface area (Å²) in [4.78, 5) is 1.99. The minimum atomic E-state index is -0.363. The zero-order chi connectivity index (χ0) is 19.1. The molecular weight excluding hydrogens is 361 g/mol. The lowest BCUT2D eigenvalue weighted by atomic mass is 10.2. The van der Waals surface area contributed by atoms with Gasteiger partial charge in [-0.05, 0) is 42.0 Å². The molecule has 1 aliphatic rings. The molecule has 4 aromatic rings. The molecule has 0 N–H and O–H groups in total. The van der Waals surface area contributed by atoms with Gasteiger partial charge in [0.2, 0.25) is 6.79 Å². The molecule has 140 valence electrons. The molecule has 2 aromatic carbocycles. The lowest BCUT2D eigenvalue weighted by molar-refractivity contribution is 0.174. The van der Waals surface area contributed by atoms with E-state index in [1.165, 1.54) is 6.07 Å². The predicted octanol–water partition coefficient (Wildman–Crippen LogP) is 3.30. The first kappa shape index (κ1) is 16.5. The molecule has 0 amide bonds. The fourth-order valence-electron chi connectivity index (χ4n) is 3.19. The summed E-state index contributed by atoms with van der Waals surface area (Å²) in [5.41, 5.74) is 1.98. The van der Waals surface area contributed by atoms with Gasteiger partial charge in [0.1, 0.15) is 11.6 Å². The number of nitrogens with zero attached hydrogens (tertiary/aromatic N) is 5. The Morgan fingerprint density at radius 2 is 1.89 bits per heavy atom. The third-order valence-electron chi connectivity index (χ3n) is 4.61. The zero-order valence-corrected chi connectivity index (χ0v) is 15.0. The van der Waals surface area contributed by atoms with Crippen molar-refractivity contribution in [1.82, 2.24) is 19.8 Å². The summed E-state index contributed by atoms with van der Waals surface area (Å²) in [7, 11) is 1.94. The van der Waals surface area contributed by atoms with E-state index in [2.05, 4.69) is 15.3 Å². The Hall–Kier alpha value is -3.68. The summed E-state index contributed by atoms with van der Waals surface area (Å²) in [6.45, 7) is 0.867. The number of fused-ring (bicyclic) bond motifs is 2. The average molecular weight is 377 g/mol. The van der Waals surface area contributed by atoms with Crippen LogP contribution in [0.15, 0.2) is 54.6 Å². The van der Waals surface area contributed by atoms with Gasteiger partial charge in [0.25, 0.3) is 0 Å². The second-order valence-corrected chi connectivity index (χ2v) is 6.51. The molecule has 3 heterocycles. The van der Waals surface area contributed by atoms with Crippen LogP contribution in [0.25, 0.3) is 17.0 Å². The van der Waals surface area contributed by atoms with Crippen LogP contribution in [0.3, 0.4) is 0 Å². The Labute approximate surface area is 160 Å². The molecular formula is C20H16FN5O2. The van der Waals surface area contributed by atoms with Crippen LogP contribution in [0, 0.1) is 5.82 Å². The molecule has 1 aliphatic heterocycles. The van der Waals surface area contributed by atoms with Crippen LogP contribution in [0.1, 0.15) is 5.56 Å². The molecule has 0 saturated heterocycles. The van der Waals surface area contributed by atoms with Crippen molar-refractivity contribution in [2.24, 2.45) is 0 Å². The van der Waals surface area contributed by atoms with Gasteiger partial charge in [-0.25, -0.2) is 4.39 Å². The third-order valence-corrected chi connectivity index (χ3v) is 4.61. The van der Waals surface area contributed by atoms with E-state index in [1.54, 1.807) is 22.7 Å². The van der Waals surface area contributed by atoms with Gasteiger partial charge in [0.15, 0.2) is 23.0 Å². The molecule has 0 aliphatic carbocycles. The standard InChI is InChI=1S/C20H16FN5O2/c1-25(11-13-6-7-16-17(10-13)28-12-27-16)19-9-8-18-22-23-20(26(18)24-19)14-4-2-3-5-15(14)21/h2-10H,11-12H2,1H3. The molecule has 0 saturated carbocycles. The Bertz CT molecular complexity index is 1180. The van der Waals surface area contributed by atoms with Gasteiger partial charge in [-0.15, -0.1) is 15.3 Å². The number of hydrogen-bond acceptors (Lipinski definition) is 6. The highest BCUT2D eigenvalue weighted by atomic mass is 19.1. The highest BCUT2D eigenvalue weighted by Gasteiger charge is 2.16. The minimum absolute atomic E-state index is 0.249. The first-order chi connectivity index (χ1) is 13.7. The van der Waals surface area contributed by atoms with E-state index >= 15 is 0 Å². The molecule has 5 rings (SSSR count). The van der Waals surface area contributed by atoms with Gasteiger partial charge in [-0.2, -0.15) is 4.52 Å². The van der Waals surface area contributed by atoms with Gasteiger partial charge in [-0.1, -0.05) is 18.2 Å². The summed E-state index contributed by atoms with van der Waals surface area (Å²) in [5, 5.41) is 12.8. The van der Waals surface area contributed by atoms with Crippen LogP contribution < -0.4 is 14.4 Å². The van der Waals surface area contributed by atoms with E-state index in [9.17, 15) is 4.39 Å². The Morgan fingerprint density at radius 3 is 2.79 bits per heavy atom. The van der Waals surface area contributed by atoms with Crippen molar-refractivity contribution >= 4 is 11.5 Å². The maximum Gasteiger partial charge on any atom is 0.231 e. The Morgan fingerprint density at radius 1 is 1.04 bits per heavy atom. The number of halogens is 1. The quantitative estimate of drug-likeness (QED) is 0.544. The van der Waals surface area contributed by atoms with Crippen molar-refractivity contribution in [1.29, 1.82) is 0 Å². The van der Waals surface area contributed by atoms with Gasteiger partial charge in [-0.3, -0.25) is 0 Å². The summed E-state index contributed by atoms with van der Waals surface area (Å²) >= 11 is 0. The summed E-state index contributed by atoms with van der Waals surface area (Å²) < 4.78 is 26.5. The van der Waals surface area contributed by atoms with Gasteiger partial charge < -0.3 is 14.4 Å². The van der Waals surface area contributed by atoms with E-state index in [1.807, 2.05) is 42.3 Å². The molecule has 0 spiro atoms. The van der Waals surface area contributed by atoms with Crippen molar-refractivity contribution in [2.75, 3.05) is 18.7 Å². The lowest BCUT2D eigenvalue weighted by Crippen LogP contribution is -2.18. The van der Waals surface area contributed by atoms with E-state index in [4.69, 9.17) is 9.47 Å². The zero-order valence-electron chi connectivity index (χ0n) is 15.0. The van der Waals surface area contributed by atoms with Gasteiger partial charge in [0, 0.05) is 13.6 Å². The normalized spacial score (nSPS) is 12.5. The van der Waals surface area contributed by atoms with Crippen molar-refractivity contribution < 1.29 is 13.9 Å². The molecule has 8 heteroatoms. The molecule has 2 aromatic heterocycles. The molecule has 7 nitrogen and oxygen atoms in total.